The summed E-state index contributed by atoms with van der Waals surface area (Å²) in [5.74, 6) is -1.21. The first-order chi connectivity index (χ1) is 16.3. The molecular weight excluding hydrogens is 460 g/mol. The molecule has 0 aliphatic carbocycles. The number of benzene rings is 2. The molecule has 0 amide bonds. The van der Waals surface area contributed by atoms with Crippen molar-refractivity contribution in [3.8, 4) is 11.6 Å². The molecule has 9 nitrogen and oxygen atoms in total. The van der Waals surface area contributed by atoms with Crippen molar-refractivity contribution in [3.05, 3.63) is 91.7 Å². The Labute approximate surface area is 198 Å². The molecule has 3 N–H and O–H groups in total. The number of rotatable bonds is 6. The average molecular weight is 481 g/mol. The highest BCUT2D eigenvalue weighted by atomic mass is 35.5. The van der Waals surface area contributed by atoms with Gasteiger partial charge in [-0.1, -0.05) is 29.8 Å². The largest absolute Gasteiger partial charge is 0.493 e. The fourth-order valence-corrected chi connectivity index (χ4v) is 3.93. The summed E-state index contributed by atoms with van der Waals surface area (Å²) in [6.07, 6.45) is 1.99. The number of hydrogen-bond donors (Lipinski definition) is 3. The number of ether oxygens (including phenoxy) is 1. The van der Waals surface area contributed by atoms with Gasteiger partial charge in [-0.25, -0.2) is 14.2 Å². The summed E-state index contributed by atoms with van der Waals surface area (Å²) >= 11 is 5.91. The summed E-state index contributed by atoms with van der Waals surface area (Å²) < 4.78 is 5.85. The van der Waals surface area contributed by atoms with Crippen LogP contribution >= 0.6 is 11.6 Å². The molecule has 0 bridgehead atoms. The van der Waals surface area contributed by atoms with Crippen LogP contribution in [0.4, 0.5) is 0 Å². The monoisotopic (exact) mass is 480 g/mol. The molecule has 0 aliphatic heterocycles. The third kappa shape index (κ3) is 4.38. The number of methoxy groups -OCH3 is 1. The Kier molecular flexibility index (Phi) is 6.38. The number of H-pyrrole nitrogens is 2. The smallest absolute Gasteiger partial charge is 0.335 e. The number of aromatic hydroxyl groups is 1. The van der Waals surface area contributed by atoms with Crippen molar-refractivity contribution in [3.63, 3.8) is 0 Å². The summed E-state index contributed by atoms with van der Waals surface area (Å²) in [5, 5.41) is 12.2. The number of nitrogens with one attached hydrogen (secondary N) is 2. The fraction of sp³-hybridized carbons (Fsp3) is 0.167. The second kappa shape index (κ2) is 9.40. The van der Waals surface area contributed by atoms with E-state index in [1.54, 1.807) is 18.3 Å². The van der Waals surface area contributed by atoms with E-state index in [0.717, 1.165) is 21.0 Å². The fourth-order valence-electron chi connectivity index (χ4n) is 3.81. The molecule has 0 fully saturated rings. The summed E-state index contributed by atoms with van der Waals surface area (Å²) in [5.41, 5.74) is 0.215. The van der Waals surface area contributed by atoms with E-state index in [1.807, 2.05) is 24.3 Å². The summed E-state index contributed by atoms with van der Waals surface area (Å²) in [6.45, 7) is 1.48. The van der Waals surface area contributed by atoms with Gasteiger partial charge in [0.25, 0.3) is 5.56 Å². The Morgan fingerprint density at radius 1 is 1.18 bits per heavy atom. The number of carbonyl (C=O) groups excluding carboxylic acids is 1. The lowest BCUT2D eigenvalue weighted by molar-refractivity contribution is -0.142. The van der Waals surface area contributed by atoms with Crippen molar-refractivity contribution >= 4 is 34.2 Å². The maximum atomic E-state index is 12.6. The number of esters is 1. The van der Waals surface area contributed by atoms with Crippen LogP contribution in [0.1, 0.15) is 18.1 Å². The third-order valence-electron chi connectivity index (χ3n) is 5.44. The molecule has 2 aromatic carbocycles. The highest BCUT2D eigenvalue weighted by Crippen LogP contribution is 2.22. The quantitative estimate of drug-likeness (QED) is 0.288. The average Bonchev–Trinajstić information content (AvgIpc) is 3.22. The van der Waals surface area contributed by atoms with Crippen molar-refractivity contribution in [1.29, 1.82) is 0 Å². The second-order valence-electron chi connectivity index (χ2n) is 7.59. The first kappa shape index (κ1) is 23.1. The molecule has 174 valence electrons. The molecular formula is C24H21ClN4O5. The van der Waals surface area contributed by atoms with Crippen LogP contribution in [0.15, 0.2) is 69.3 Å². The van der Waals surface area contributed by atoms with E-state index in [0.29, 0.717) is 10.7 Å². The second-order valence-corrected chi connectivity index (χ2v) is 8.02. The van der Waals surface area contributed by atoms with Crippen LogP contribution in [-0.4, -0.2) is 44.5 Å². The van der Waals surface area contributed by atoms with Crippen LogP contribution in [0, 0.1) is 0 Å². The minimum Gasteiger partial charge on any atom is -0.493 e. The molecule has 2 heterocycles. The van der Waals surface area contributed by atoms with E-state index < -0.39 is 29.1 Å². The van der Waals surface area contributed by atoms with Gasteiger partial charge >= 0.3 is 11.7 Å². The molecule has 0 spiro atoms. The van der Waals surface area contributed by atoms with Crippen LogP contribution in [0.2, 0.25) is 5.02 Å². The lowest BCUT2D eigenvalue weighted by atomic mass is 10.0. The topological polar surface area (TPSA) is 130 Å². The number of nitrogens with zero attached hydrogens (tertiary/aromatic N) is 2. The molecule has 4 rings (SSSR count). The number of para-hydroxylation sites is 1. The number of aromatic nitrogens is 3. The van der Waals surface area contributed by atoms with E-state index in [-0.39, 0.29) is 17.7 Å². The van der Waals surface area contributed by atoms with Gasteiger partial charge in [0.05, 0.1) is 18.5 Å². The van der Waals surface area contributed by atoms with E-state index in [1.165, 1.54) is 26.2 Å². The van der Waals surface area contributed by atoms with Crippen LogP contribution in [0.3, 0.4) is 0 Å². The van der Waals surface area contributed by atoms with Crippen LogP contribution in [0.25, 0.3) is 16.6 Å². The molecule has 2 aromatic heterocycles. The predicted octanol–water partition coefficient (Wildman–Crippen LogP) is 2.96. The first-order valence-corrected chi connectivity index (χ1v) is 10.7. The lowest BCUT2D eigenvalue weighted by Gasteiger charge is -2.14. The highest BCUT2D eigenvalue weighted by Gasteiger charge is 2.24. The van der Waals surface area contributed by atoms with Crippen LogP contribution in [0.5, 0.6) is 5.88 Å². The lowest BCUT2D eigenvalue weighted by Crippen LogP contribution is -2.33. The van der Waals surface area contributed by atoms with Crippen molar-refractivity contribution in [1.82, 2.24) is 14.5 Å². The normalized spacial score (nSPS) is 12.6. The molecule has 0 saturated heterocycles. The van der Waals surface area contributed by atoms with Gasteiger partial charge in [0.15, 0.2) is 6.04 Å². The SMILES string of the molecule is COC(=O)[C@@H](Cc1c[nH]c2ccccc12)N=C(C)c1c(O)n(-c2ccc(Cl)cc2)c(=O)[nH]c1=O. The summed E-state index contributed by atoms with van der Waals surface area (Å²) in [7, 11) is 1.25. The summed E-state index contributed by atoms with van der Waals surface area (Å²) in [4.78, 5) is 47.3. The predicted molar refractivity (Wildman–Crippen MR) is 129 cm³/mol. The van der Waals surface area contributed by atoms with Gasteiger partial charge in [-0.3, -0.25) is 14.8 Å². The summed E-state index contributed by atoms with van der Waals surface area (Å²) in [6, 6.07) is 12.8. The zero-order valence-electron chi connectivity index (χ0n) is 18.3. The zero-order chi connectivity index (χ0) is 24.4. The number of carbonyl (C=O) groups is 1. The number of fused-ring (bicyclic) bond motifs is 1. The minimum atomic E-state index is -0.987. The number of aliphatic imine (C=N–C) groups is 1. The zero-order valence-corrected chi connectivity index (χ0v) is 19.1. The minimum absolute atomic E-state index is 0.0664. The number of aromatic amines is 2. The Hall–Kier alpha value is -4.11. The molecule has 1 atom stereocenters. The van der Waals surface area contributed by atoms with Crippen LogP contribution < -0.4 is 11.2 Å². The van der Waals surface area contributed by atoms with Gasteiger partial charge in [0.1, 0.15) is 5.56 Å². The van der Waals surface area contributed by atoms with Gasteiger partial charge in [0, 0.05) is 28.5 Å². The van der Waals surface area contributed by atoms with Crippen molar-refractivity contribution in [2.24, 2.45) is 4.99 Å². The van der Waals surface area contributed by atoms with E-state index in [9.17, 15) is 19.5 Å². The van der Waals surface area contributed by atoms with E-state index in [4.69, 9.17) is 16.3 Å². The van der Waals surface area contributed by atoms with Crippen molar-refractivity contribution < 1.29 is 14.6 Å². The van der Waals surface area contributed by atoms with Gasteiger partial charge in [-0.2, -0.15) is 0 Å². The maximum absolute atomic E-state index is 12.6. The van der Waals surface area contributed by atoms with Crippen molar-refractivity contribution in [2.45, 2.75) is 19.4 Å². The van der Waals surface area contributed by atoms with Gasteiger partial charge in [0.2, 0.25) is 5.88 Å². The Balaban J connectivity index is 1.78. The Bertz CT molecular complexity index is 1520. The van der Waals surface area contributed by atoms with E-state index >= 15 is 0 Å². The third-order valence-corrected chi connectivity index (χ3v) is 5.70. The van der Waals surface area contributed by atoms with Gasteiger partial charge < -0.3 is 14.8 Å². The van der Waals surface area contributed by atoms with Crippen molar-refractivity contribution in [2.75, 3.05) is 7.11 Å². The molecule has 4 aromatic rings. The molecule has 0 radical (unpaired) electrons. The highest BCUT2D eigenvalue weighted by molar-refractivity contribution is 6.30. The Morgan fingerprint density at radius 2 is 1.88 bits per heavy atom. The molecule has 0 aliphatic rings. The standard InChI is InChI=1S/C24H21ClN4O5/c1-13(20-21(30)28-24(33)29(22(20)31)16-9-7-15(25)8-10-16)27-19(23(32)34-2)11-14-12-26-18-6-4-3-5-17(14)18/h3-10,12,19,26,31H,11H2,1-2H3,(H,28,30,33)/t19-/m1/s1. The molecule has 0 unspecified atom stereocenters. The Morgan fingerprint density at radius 3 is 2.59 bits per heavy atom. The molecule has 10 heteroatoms. The molecule has 0 saturated carbocycles. The van der Waals surface area contributed by atoms with E-state index in [2.05, 4.69) is 15.0 Å². The maximum Gasteiger partial charge on any atom is 0.335 e. The van der Waals surface area contributed by atoms with Gasteiger partial charge in [-0.05, 0) is 42.8 Å². The van der Waals surface area contributed by atoms with Crippen LogP contribution in [-0.2, 0) is 16.0 Å². The molecule has 34 heavy (non-hydrogen) atoms. The number of hydrogen-bond acceptors (Lipinski definition) is 6. The first-order valence-electron chi connectivity index (χ1n) is 10.3. The van der Waals surface area contributed by atoms with Gasteiger partial charge in [-0.15, -0.1) is 0 Å². The number of halogens is 1.